The van der Waals surface area contributed by atoms with Gasteiger partial charge in [0, 0.05) is 17.2 Å². The van der Waals surface area contributed by atoms with Gasteiger partial charge in [-0.15, -0.1) is 12.8 Å². The van der Waals surface area contributed by atoms with Gasteiger partial charge >= 0.3 is 0 Å². The largest absolute Gasteiger partial charge is 0.493 e. The summed E-state index contributed by atoms with van der Waals surface area (Å²) in [5.41, 5.74) is 0.636. The lowest BCUT2D eigenvalue weighted by atomic mass is 10.1. The molecule has 2 aromatic rings. The minimum absolute atomic E-state index is 0.0103. The fraction of sp³-hybridized carbons (Fsp3) is 0.261. The molecule has 1 amide bonds. The molecule has 0 fully saturated rings. The van der Waals surface area contributed by atoms with Gasteiger partial charge in [-0.1, -0.05) is 47.2 Å². The first-order chi connectivity index (χ1) is 15.0. The molecule has 0 radical (unpaired) electrons. The second-order valence-electron chi connectivity index (χ2n) is 6.02. The zero-order chi connectivity index (χ0) is 22.6. The standard InChI is InChI=1S/C23H21Cl2NO5/c1-4-11-30-21(16-6-8-17(24)9-7-16)23(27)26-10-13-29-18-14-19(25)22(31-12-5-2)20(15-18)28-3/h1-2,6-9,14-15,21H,10-13H2,3H3,(H,26,27). The predicted octanol–water partition coefficient (Wildman–Crippen LogP) is 3.90. The highest BCUT2D eigenvalue weighted by molar-refractivity contribution is 6.32. The molecule has 31 heavy (non-hydrogen) atoms. The zero-order valence-corrected chi connectivity index (χ0v) is 18.3. The summed E-state index contributed by atoms with van der Waals surface area (Å²) in [4.78, 5) is 12.6. The summed E-state index contributed by atoms with van der Waals surface area (Å²) in [6.45, 7) is 0.443. The van der Waals surface area contributed by atoms with Crippen LogP contribution in [0.5, 0.6) is 17.2 Å². The maximum absolute atomic E-state index is 12.6. The van der Waals surface area contributed by atoms with E-state index in [-0.39, 0.29) is 32.3 Å². The molecule has 8 heteroatoms. The minimum atomic E-state index is -0.865. The fourth-order valence-corrected chi connectivity index (χ4v) is 2.94. The average Bonchev–Trinajstić information content (AvgIpc) is 2.77. The summed E-state index contributed by atoms with van der Waals surface area (Å²) in [7, 11) is 1.48. The van der Waals surface area contributed by atoms with Gasteiger partial charge in [0.05, 0.1) is 18.7 Å². The molecule has 162 valence electrons. The molecule has 2 aromatic carbocycles. The van der Waals surface area contributed by atoms with E-state index in [9.17, 15) is 4.79 Å². The molecule has 0 aliphatic carbocycles. The number of halogens is 2. The lowest BCUT2D eigenvalue weighted by Crippen LogP contribution is -2.34. The predicted molar refractivity (Wildman–Crippen MR) is 120 cm³/mol. The normalized spacial score (nSPS) is 11.0. The number of ether oxygens (including phenoxy) is 4. The molecule has 0 aliphatic heterocycles. The molecule has 6 nitrogen and oxygen atoms in total. The summed E-state index contributed by atoms with van der Waals surface area (Å²) in [6.07, 6.45) is 9.59. The van der Waals surface area contributed by atoms with Crippen molar-refractivity contribution in [2.24, 2.45) is 0 Å². The van der Waals surface area contributed by atoms with E-state index < -0.39 is 6.10 Å². The molecule has 0 bridgehead atoms. The van der Waals surface area contributed by atoms with Crippen LogP contribution in [0.1, 0.15) is 11.7 Å². The van der Waals surface area contributed by atoms with Crippen molar-refractivity contribution in [1.82, 2.24) is 5.32 Å². The van der Waals surface area contributed by atoms with Gasteiger partial charge in [0.1, 0.15) is 25.6 Å². The second-order valence-corrected chi connectivity index (χ2v) is 6.86. The Morgan fingerprint density at radius 1 is 1.10 bits per heavy atom. The smallest absolute Gasteiger partial charge is 0.253 e. The van der Waals surface area contributed by atoms with Crippen molar-refractivity contribution in [2.45, 2.75) is 6.10 Å². The van der Waals surface area contributed by atoms with E-state index in [1.54, 1.807) is 36.4 Å². The fourth-order valence-electron chi connectivity index (χ4n) is 2.56. The van der Waals surface area contributed by atoms with E-state index in [2.05, 4.69) is 17.2 Å². The maximum atomic E-state index is 12.6. The molecular formula is C23H21Cl2NO5. The van der Waals surface area contributed by atoms with Gasteiger partial charge in [0.15, 0.2) is 17.6 Å². The number of methoxy groups -OCH3 is 1. The first-order valence-corrected chi connectivity index (χ1v) is 9.90. The molecule has 1 unspecified atom stereocenters. The third-order valence-electron chi connectivity index (χ3n) is 3.92. The summed E-state index contributed by atoms with van der Waals surface area (Å²) in [5, 5.41) is 3.60. The molecule has 1 atom stereocenters. The lowest BCUT2D eigenvalue weighted by molar-refractivity contribution is -0.132. The second kappa shape index (κ2) is 12.6. The first kappa shape index (κ1) is 24.2. The molecule has 0 heterocycles. The van der Waals surface area contributed by atoms with Gasteiger partial charge in [0.25, 0.3) is 5.91 Å². The number of hydrogen-bond acceptors (Lipinski definition) is 5. The van der Waals surface area contributed by atoms with Crippen LogP contribution in [0.15, 0.2) is 36.4 Å². The Bertz CT molecular complexity index is 964. The van der Waals surface area contributed by atoms with Crippen LogP contribution in [-0.2, 0) is 9.53 Å². The number of rotatable bonds is 11. The van der Waals surface area contributed by atoms with Gasteiger partial charge in [-0.05, 0) is 17.7 Å². The number of hydrogen-bond donors (Lipinski definition) is 1. The van der Waals surface area contributed by atoms with Crippen LogP contribution < -0.4 is 19.5 Å². The van der Waals surface area contributed by atoms with Crippen molar-refractivity contribution >= 4 is 29.1 Å². The Hall–Kier alpha value is -3.03. The number of carbonyl (C=O) groups excluding carboxylic acids is 1. The molecular weight excluding hydrogens is 441 g/mol. The highest BCUT2D eigenvalue weighted by atomic mass is 35.5. The number of amides is 1. The van der Waals surface area contributed by atoms with Crippen molar-refractivity contribution < 1.29 is 23.7 Å². The van der Waals surface area contributed by atoms with Gasteiger partial charge in [-0.2, -0.15) is 0 Å². The highest BCUT2D eigenvalue weighted by Gasteiger charge is 2.21. The third-order valence-corrected chi connectivity index (χ3v) is 4.45. The SMILES string of the molecule is C#CCOc1c(Cl)cc(OCCNC(=O)C(OCC#C)c2ccc(Cl)cc2)cc1OC. The van der Waals surface area contributed by atoms with Crippen LogP contribution in [0.2, 0.25) is 10.0 Å². The third kappa shape index (κ3) is 7.31. The van der Waals surface area contributed by atoms with Crippen molar-refractivity contribution in [2.75, 3.05) is 33.5 Å². The van der Waals surface area contributed by atoms with E-state index in [0.29, 0.717) is 32.9 Å². The Balaban J connectivity index is 1.95. The van der Waals surface area contributed by atoms with Gasteiger partial charge in [-0.25, -0.2) is 0 Å². The summed E-state index contributed by atoms with van der Waals surface area (Å²) in [5.74, 6) is 5.53. The lowest BCUT2D eigenvalue weighted by Gasteiger charge is -2.17. The first-order valence-electron chi connectivity index (χ1n) is 9.15. The van der Waals surface area contributed by atoms with Crippen LogP contribution in [0.25, 0.3) is 0 Å². The summed E-state index contributed by atoms with van der Waals surface area (Å²) < 4.78 is 21.8. The minimum Gasteiger partial charge on any atom is -0.493 e. The van der Waals surface area contributed by atoms with Crippen LogP contribution in [0.3, 0.4) is 0 Å². The summed E-state index contributed by atoms with van der Waals surface area (Å²) in [6, 6.07) is 9.95. The monoisotopic (exact) mass is 461 g/mol. The quantitative estimate of drug-likeness (QED) is 0.406. The van der Waals surface area contributed by atoms with Gasteiger partial charge in [0.2, 0.25) is 0 Å². The van der Waals surface area contributed by atoms with Crippen molar-refractivity contribution in [1.29, 1.82) is 0 Å². The number of benzene rings is 2. The van der Waals surface area contributed by atoms with Crippen molar-refractivity contribution in [3.05, 3.63) is 52.0 Å². The number of terminal acetylenes is 2. The Morgan fingerprint density at radius 2 is 1.81 bits per heavy atom. The van der Waals surface area contributed by atoms with Gasteiger partial charge in [-0.3, -0.25) is 4.79 Å². The molecule has 0 spiro atoms. The van der Waals surface area contributed by atoms with E-state index in [1.807, 2.05) is 0 Å². The molecule has 0 aromatic heterocycles. The number of carbonyl (C=O) groups is 1. The van der Waals surface area contributed by atoms with Crippen LogP contribution >= 0.6 is 23.2 Å². The highest BCUT2D eigenvalue weighted by Crippen LogP contribution is 2.39. The topological polar surface area (TPSA) is 66.0 Å². The Morgan fingerprint density at radius 3 is 2.45 bits per heavy atom. The van der Waals surface area contributed by atoms with E-state index >= 15 is 0 Å². The molecule has 2 rings (SSSR count). The molecule has 0 saturated heterocycles. The van der Waals surface area contributed by atoms with E-state index in [0.717, 1.165) is 0 Å². The molecule has 1 N–H and O–H groups in total. The van der Waals surface area contributed by atoms with Crippen LogP contribution in [0.4, 0.5) is 0 Å². The molecule has 0 saturated carbocycles. The maximum Gasteiger partial charge on any atom is 0.253 e. The Kier molecular flexibility index (Phi) is 9.87. The van der Waals surface area contributed by atoms with Crippen molar-refractivity contribution in [3.63, 3.8) is 0 Å². The average molecular weight is 462 g/mol. The molecule has 0 aliphatic rings. The van der Waals surface area contributed by atoms with E-state index in [4.69, 9.17) is 55.0 Å². The van der Waals surface area contributed by atoms with Gasteiger partial charge < -0.3 is 24.3 Å². The Labute approximate surface area is 191 Å². The summed E-state index contributed by atoms with van der Waals surface area (Å²) >= 11 is 12.1. The zero-order valence-electron chi connectivity index (χ0n) is 16.8. The van der Waals surface area contributed by atoms with Crippen LogP contribution in [0, 0.1) is 24.7 Å². The van der Waals surface area contributed by atoms with Crippen LogP contribution in [-0.4, -0.2) is 39.4 Å². The van der Waals surface area contributed by atoms with E-state index in [1.165, 1.54) is 7.11 Å². The number of nitrogens with one attached hydrogen (secondary N) is 1. The van der Waals surface area contributed by atoms with Crippen molar-refractivity contribution in [3.8, 4) is 41.9 Å².